The molecule has 1 aromatic heterocycles. The maximum Gasteiger partial charge on any atom is 0.191 e. The van der Waals surface area contributed by atoms with Crippen molar-refractivity contribution in [1.82, 2.24) is 14.8 Å². The highest BCUT2D eigenvalue weighted by Gasteiger charge is 2.12. The third kappa shape index (κ3) is 5.74. The van der Waals surface area contributed by atoms with Gasteiger partial charge in [-0.15, -0.1) is 16.8 Å². The number of hydrogen-bond acceptors (Lipinski definition) is 5. The zero-order valence-electron chi connectivity index (χ0n) is 15.1. The van der Waals surface area contributed by atoms with E-state index in [4.69, 9.17) is 21.1 Å². The highest BCUT2D eigenvalue weighted by atomic mass is 35.5. The van der Waals surface area contributed by atoms with Crippen LogP contribution < -0.4 is 9.47 Å². The molecule has 0 spiro atoms. The van der Waals surface area contributed by atoms with E-state index in [2.05, 4.69) is 16.8 Å². The molecule has 8 heteroatoms. The second-order valence-electron chi connectivity index (χ2n) is 5.69. The smallest absolute Gasteiger partial charge is 0.191 e. The number of benzene rings is 2. The topological polar surface area (TPSA) is 49.2 Å². The van der Waals surface area contributed by atoms with Gasteiger partial charge in [0, 0.05) is 17.3 Å². The summed E-state index contributed by atoms with van der Waals surface area (Å²) in [6, 6.07) is 13.1. The van der Waals surface area contributed by atoms with Crippen LogP contribution in [-0.2, 0) is 13.2 Å². The average molecular weight is 420 g/mol. The molecule has 146 valence electrons. The number of nitrogens with zero attached hydrogens (tertiary/aromatic N) is 3. The molecule has 0 aliphatic rings. The number of aromatic nitrogens is 3. The first-order chi connectivity index (χ1) is 13.7. The molecule has 0 saturated heterocycles. The van der Waals surface area contributed by atoms with Crippen molar-refractivity contribution in [3.05, 3.63) is 77.9 Å². The van der Waals surface area contributed by atoms with Gasteiger partial charge in [-0.3, -0.25) is 4.57 Å². The molecule has 28 heavy (non-hydrogen) atoms. The van der Waals surface area contributed by atoms with Gasteiger partial charge in [0.2, 0.25) is 0 Å². The van der Waals surface area contributed by atoms with Crippen LogP contribution in [-0.4, -0.2) is 27.1 Å². The number of rotatable bonds is 10. The molecular formula is C20H19ClFN3O2S. The number of hydrogen-bond donors (Lipinski definition) is 0. The van der Waals surface area contributed by atoms with E-state index < -0.39 is 0 Å². The minimum Gasteiger partial charge on any atom is -0.493 e. The van der Waals surface area contributed by atoms with Crippen molar-refractivity contribution in [1.29, 1.82) is 0 Å². The molecule has 0 unspecified atom stereocenters. The number of halogens is 2. The second kappa shape index (κ2) is 10.1. The maximum atomic E-state index is 12.9. The van der Waals surface area contributed by atoms with Crippen LogP contribution in [0.4, 0.5) is 4.39 Å². The molecule has 1 heterocycles. The summed E-state index contributed by atoms with van der Waals surface area (Å²) < 4.78 is 26.2. The van der Waals surface area contributed by atoms with Crippen LogP contribution in [0.2, 0.25) is 5.02 Å². The van der Waals surface area contributed by atoms with Gasteiger partial charge in [0.15, 0.2) is 11.0 Å². The van der Waals surface area contributed by atoms with E-state index in [9.17, 15) is 4.39 Å². The molecule has 0 N–H and O–H groups in total. The molecule has 0 saturated carbocycles. The van der Waals surface area contributed by atoms with Gasteiger partial charge in [0.25, 0.3) is 0 Å². The molecule has 0 aliphatic heterocycles. The number of ether oxygens (including phenoxy) is 2. The van der Waals surface area contributed by atoms with Crippen LogP contribution in [0.15, 0.2) is 66.3 Å². The van der Waals surface area contributed by atoms with Crippen molar-refractivity contribution in [2.45, 2.75) is 18.3 Å². The monoisotopic (exact) mass is 419 g/mol. The van der Waals surface area contributed by atoms with Crippen LogP contribution in [0, 0.1) is 5.82 Å². The molecule has 0 aliphatic carbocycles. The largest absolute Gasteiger partial charge is 0.493 e. The van der Waals surface area contributed by atoms with E-state index >= 15 is 0 Å². The van der Waals surface area contributed by atoms with Crippen LogP contribution in [0.25, 0.3) is 0 Å². The van der Waals surface area contributed by atoms with E-state index in [0.29, 0.717) is 41.3 Å². The summed E-state index contributed by atoms with van der Waals surface area (Å²) >= 11 is 7.41. The molecule has 5 nitrogen and oxygen atoms in total. The first kappa shape index (κ1) is 20.2. The third-order valence-corrected chi connectivity index (χ3v) is 4.87. The summed E-state index contributed by atoms with van der Waals surface area (Å²) in [4.78, 5) is 0. The number of thioether (sulfide) groups is 1. The SMILES string of the molecule is C=CCn1c(COc2ccc(Cl)cc2)nnc1SCCOc1ccc(F)cc1. The van der Waals surface area contributed by atoms with Crippen LogP contribution in [0.1, 0.15) is 5.82 Å². The summed E-state index contributed by atoms with van der Waals surface area (Å²) in [5, 5.41) is 9.88. The molecule has 0 bridgehead atoms. The van der Waals surface area contributed by atoms with E-state index in [-0.39, 0.29) is 12.4 Å². The lowest BCUT2D eigenvalue weighted by molar-refractivity contribution is 0.289. The molecule has 0 amide bonds. The molecule has 0 radical (unpaired) electrons. The van der Waals surface area contributed by atoms with Gasteiger partial charge in [0.05, 0.1) is 6.61 Å². The van der Waals surface area contributed by atoms with Crippen molar-refractivity contribution in [2.75, 3.05) is 12.4 Å². The minimum absolute atomic E-state index is 0.285. The summed E-state index contributed by atoms with van der Waals surface area (Å²) in [6.07, 6.45) is 1.79. The zero-order chi connectivity index (χ0) is 19.8. The normalized spacial score (nSPS) is 10.6. The van der Waals surface area contributed by atoms with Crippen molar-refractivity contribution in [2.24, 2.45) is 0 Å². The third-order valence-electron chi connectivity index (χ3n) is 3.68. The Bertz CT molecular complexity index is 901. The average Bonchev–Trinajstić information content (AvgIpc) is 3.08. The predicted molar refractivity (Wildman–Crippen MR) is 109 cm³/mol. The van der Waals surface area contributed by atoms with Crippen molar-refractivity contribution < 1.29 is 13.9 Å². The first-order valence-electron chi connectivity index (χ1n) is 8.58. The fraction of sp³-hybridized carbons (Fsp3) is 0.200. The first-order valence-corrected chi connectivity index (χ1v) is 9.94. The van der Waals surface area contributed by atoms with E-state index in [1.807, 2.05) is 4.57 Å². The van der Waals surface area contributed by atoms with E-state index in [1.165, 1.54) is 23.9 Å². The van der Waals surface area contributed by atoms with Gasteiger partial charge in [0.1, 0.15) is 23.9 Å². The summed E-state index contributed by atoms with van der Waals surface area (Å²) in [6.45, 7) is 5.12. The van der Waals surface area contributed by atoms with Crippen molar-refractivity contribution >= 4 is 23.4 Å². The summed E-state index contributed by atoms with van der Waals surface area (Å²) in [7, 11) is 0. The molecule has 0 fully saturated rings. The fourth-order valence-corrected chi connectivity index (χ4v) is 3.26. The van der Waals surface area contributed by atoms with Gasteiger partial charge in [-0.05, 0) is 48.5 Å². The van der Waals surface area contributed by atoms with Gasteiger partial charge < -0.3 is 9.47 Å². The Balaban J connectivity index is 1.54. The Morgan fingerprint density at radius 3 is 2.43 bits per heavy atom. The quantitative estimate of drug-likeness (QED) is 0.263. The van der Waals surface area contributed by atoms with Crippen LogP contribution in [0.3, 0.4) is 0 Å². The lowest BCUT2D eigenvalue weighted by atomic mass is 10.3. The Kier molecular flexibility index (Phi) is 7.33. The van der Waals surface area contributed by atoms with Gasteiger partial charge in [-0.25, -0.2) is 4.39 Å². The standard InChI is InChI=1S/C20H19ClFN3O2S/c1-2-11-25-19(14-27-18-7-3-15(21)4-8-18)23-24-20(25)28-13-12-26-17-9-5-16(22)6-10-17/h2-10H,1,11-14H2. The van der Waals surface area contributed by atoms with E-state index in [1.54, 1.807) is 42.5 Å². The maximum absolute atomic E-state index is 12.9. The lowest BCUT2D eigenvalue weighted by Gasteiger charge is -2.09. The van der Waals surface area contributed by atoms with Crippen molar-refractivity contribution in [3.63, 3.8) is 0 Å². The predicted octanol–water partition coefficient (Wildman–Crippen LogP) is 5.01. The molecule has 3 aromatic rings. The Morgan fingerprint density at radius 2 is 1.71 bits per heavy atom. The Morgan fingerprint density at radius 1 is 1.04 bits per heavy atom. The molecule has 3 rings (SSSR count). The van der Waals surface area contributed by atoms with Crippen LogP contribution in [0.5, 0.6) is 11.5 Å². The Hall–Kier alpha value is -2.51. The van der Waals surface area contributed by atoms with Crippen molar-refractivity contribution in [3.8, 4) is 11.5 Å². The van der Waals surface area contributed by atoms with E-state index in [0.717, 1.165) is 5.16 Å². The zero-order valence-corrected chi connectivity index (χ0v) is 16.6. The minimum atomic E-state index is -0.285. The second-order valence-corrected chi connectivity index (χ2v) is 7.19. The lowest BCUT2D eigenvalue weighted by Crippen LogP contribution is -2.08. The summed E-state index contributed by atoms with van der Waals surface area (Å²) in [5.74, 6) is 2.43. The summed E-state index contributed by atoms with van der Waals surface area (Å²) in [5.41, 5.74) is 0. The van der Waals surface area contributed by atoms with Gasteiger partial charge >= 0.3 is 0 Å². The molecule has 0 atom stereocenters. The van der Waals surface area contributed by atoms with Crippen LogP contribution >= 0.6 is 23.4 Å². The van der Waals surface area contributed by atoms with Gasteiger partial charge in [-0.1, -0.05) is 29.4 Å². The van der Waals surface area contributed by atoms with Gasteiger partial charge in [-0.2, -0.15) is 0 Å². The fourth-order valence-electron chi connectivity index (χ4n) is 2.35. The molecule has 2 aromatic carbocycles. The highest BCUT2D eigenvalue weighted by molar-refractivity contribution is 7.99. The highest BCUT2D eigenvalue weighted by Crippen LogP contribution is 2.20. The number of allylic oxidation sites excluding steroid dienone is 1. The molecular weight excluding hydrogens is 401 g/mol. The Labute approximate surface area is 172 Å².